The van der Waals surface area contributed by atoms with Gasteiger partial charge >= 0.3 is 0 Å². The molecule has 0 bridgehead atoms. The van der Waals surface area contributed by atoms with E-state index in [0.717, 1.165) is 12.0 Å². The first kappa shape index (κ1) is 24.7. The molecule has 0 amide bonds. The quantitative estimate of drug-likeness (QED) is 0.367. The molecule has 0 aliphatic carbocycles. The summed E-state index contributed by atoms with van der Waals surface area (Å²) in [6.45, 7) is 7.70. The molecule has 0 saturated carbocycles. The van der Waals surface area contributed by atoms with E-state index in [1.54, 1.807) is 7.05 Å². The summed E-state index contributed by atoms with van der Waals surface area (Å²) in [5.41, 5.74) is 2.48. The first-order valence-corrected chi connectivity index (χ1v) is 12.2. The van der Waals surface area contributed by atoms with Gasteiger partial charge in [0.1, 0.15) is 18.2 Å². The lowest BCUT2D eigenvalue weighted by atomic mass is 9.87. The van der Waals surface area contributed by atoms with Crippen molar-refractivity contribution in [3.8, 4) is 5.75 Å². The average Bonchev–Trinajstić information content (AvgIpc) is 2.68. The molecule has 0 atom stereocenters. The molecule has 0 spiro atoms. The lowest BCUT2D eigenvalue weighted by molar-refractivity contribution is 0.321. The Kier molecular flexibility index (Phi) is 8.44. The van der Waals surface area contributed by atoms with Gasteiger partial charge in [-0.3, -0.25) is 4.99 Å². The van der Waals surface area contributed by atoms with Crippen LogP contribution in [0.3, 0.4) is 0 Å². The predicted octanol–water partition coefficient (Wildman–Crippen LogP) is 3.41. The van der Waals surface area contributed by atoms with Crippen LogP contribution in [0.4, 0.5) is 4.39 Å². The van der Waals surface area contributed by atoms with E-state index in [1.807, 2.05) is 12.1 Å². The third-order valence-corrected chi connectivity index (χ3v) is 5.47. The highest BCUT2D eigenvalue weighted by Crippen LogP contribution is 2.24. The summed E-state index contributed by atoms with van der Waals surface area (Å²) in [7, 11) is -1.59. The van der Waals surface area contributed by atoms with Gasteiger partial charge in [0.2, 0.25) is 0 Å². The Morgan fingerprint density at radius 1 is 1.06 bits per heavy atom. The Hall–Kier alpha value is -2.61. The van der Waals surface area contributed by atoms with Crippen molar-refractivity contribution in [3.05, 3.63) is 65.0 Å². The Morgan fingerprint density at radius 2 is 1.74 bits per heavy atom. The molecule has 8 heteroatoms. The first-order valence-electron chi connectivity index (χ1n) is 10.1. The molecule has 2 aromatic rings. The lowest BCUT2D eigenvalue weighted by Crippen LogP contribution is -2.39. The first-order chi connectivity index (χ1) is 14.5. The van der Waals surface area contributed by atoms with E-state index in [1.165, 1.54) is 23.8 Å². The fourth-order valence-corrected chi connectivity index (χ4v) is 3.82. The zero-order valence-corrected chi connectivity index (χ0v) is 19.6. The number of halogens is 1. The molecule has 0 unspecified atom stereocenters. The summed E-state index contributed by atoms with van der Waals surface area (Å²) in [6.07, 6.45) is 1.16. The van der Waals surface area contributed by atoms with Gasteiger partial charge in [-0.15, -0.1) is 0 Å². The van der Waals surface area contributed by atoms with Crippen molar-refractivity contribution in [2.45, 2.75) is 38.5 Å². The minimum Gasteiger partial charge on any atom is -0.492 e. The van der Waals surface area contributed by atoms with Crippen molar-refractivity contribution in [2.24, 2.45) is 4.99 Å². The van der Waals surface area contributed by atoms with Crippen LogP contribution in [0, 0.1) is 5.82 Å². The van der Waals surface area contributed by atoms with Crippen molar-refractivity contribution in [2.75, 3.05) is 26.5 Å². The highest BCUT2D eigenvalue weighted by Gasteiger charge is 2.13. The number of hydrogen-bond donors (Lipinski definition) is 2. The van der Waals surface area contributed by atoms with E-state index in [9.17, 15) is 12.8 Å². The van der Waals surface area contributed by atoms with Crippen LogP contribution in [0.1, 0.15) is 37.5 Å². The van der Waals surface area contributed by atoms with Gasteiger partial charge in [-0.2, -0.15) is 0 Å². The number of benzene rings is 2. The van der Waals surface area contributed by atoms with Crippen LogP contribution < -0.4 is 15.4 Å². The lowest BCUT2D eigenvalue weighted by Gasteiger charge is -2.19. The average molecular weight is 450 g/mol. The van der Waals surface area contributed by atoms with Crippen LogP contribution >= 0.6 is 0 Å². The number of guanidine groups is 1. The zero-order chi connectivity index (χ0) is 23.1. The third kappa shape index (κ3) is 8.57. The van der Waals surface area contributed by atoms with Crippen molar-refractivity contribution in [1.29, 1.82) is 0 Å². The molecular weight excluding hydrogens is 417 g/mol. The van der Waals surface area contributed by atoms with Crippen LogP contribution in [0.25, 0.3) is 0 Å². The second kappa shape index (κ2) is 10.6. The second-order valence-corrected chi connectivity index (χ2v) is 10.6. The molecule has 0 aliphatic heterocycles. The standard InChI is InChI=1S/C23H32FN3O3S/c1-23(2,3)19-7-10-21(11-8-19)30-13-12-26-22(25-4)27-15-18-14-20(24)9-6-17(18)16-31(5,28)29/h6-11,14H,12-13,15-16H2,1-5H3,(H2,25,26,27). The van der Waals surface area contributed by atoms with Crippen LogP contribution in [0.15, 0.2) is 47.5 Å². The SMILES string of the molecule is CN=C(NCCOc1ccc(C(C)(C)C)cc1)NCc1cc(F)ccc1CS(C)(=O)=O. The highest BCUT2D eigenvalue weighted by molar-refractivity contribution is 7.89. The maximum absolute atomic E-state index is 13.6. The smallest absolute Gasteiger partial charge is 0.191 e. The fourth-order valence-electron chi connectivity index (χ4n) is 2.97. The molecule has 0 heterocycles. The number of rotatable bonds is 8. The van der Waals surface area contributed by atoms with Gasteiger partial charge in [0.05, 0.1) is 12.3 Å². The van der Waals surface area contributed by atoms with Crippen LogP contribution in [-0.4, -0.2) is 40.8 Å². The minimum absolute atomic E-state index is 0.0983. The highest BCUT2D eigenvalue weighted by atomic mass is 32.2. The van der Waals surface area contributed by atoms with Crippen molar-refractivity contribution >= 4 is 15.8 Å². The second-order valence-electron chi connectivity index (χ2n) is 8.46. The van der Waals surface area contributed by atoms with E-state index < -0.39 is 15.7 Å². The Bertz CT molecular complexity index is 998. The number of ether oxygens (including phenoxy) is 1. The zero-order valence-electron chi connectivity index (χ0n) is 18.8. The molecule has 0 saturated heterocycles. The molecule has 2 N–H and O–H groups in total. The van der Waals surface area contributed by atoms with Gasteiger partial charge in [-0.1, -0.05) is 39.0 Å². The molecule has 0 fully saturated rings. The van der Waals surface area contributed by atoms with Crippen LogP contribution in [0.5, 0.6) is 5.75 Å². The molecule has 2 aromatic carbocycles. The fraction of sp³-hybridized carbons (Fsp3) is 0.435. The largest absolute Gasteiger partial charge is 0.492 e. The topological polar surface area (TPSA) is 79.8 Å². The normalized spacial score (nSPS) is 12.5. The summed E-state index contributed by atoms with van der Waals surface area (Å²) in [6, 6.07) is 12.2. The summed E-state index contributed by atoms with van der Waals surface area (Å²) < 4.78 is 42.7. The molecule has 31 heavy (non-hydrogen) atoms. The van der Waals surface area contributed by atoms with Gasteiger partial charge in [0, 0.05) is 19.8 Å². The number of nitrogens with zero attached hydrogens (tertiary/aromatic N) is 1. The molecule has 0 aliphatic rings. The summed E-state index contributed by atoms with van der Waals surface area (Å²) in [5.74, 6) is 0.755. The molecule has 2 rings (SSSR count). The number of aliphatic imine (C=N–C) groups is 1. The van der Waals surface area contributed by atoms with Crippen LogP contribution in [-0.2, 0) is 27.5 Å². The Balaban J connectivity index is 1.85. The van der Waals surface area contributed by atoms with Gasteiger partial charge in [-0.05, 0) is 46.4 Å². The molecule has 0 aromatic heterocycles. The maximum Gasteiger partial charge on any atom is 0.191 e. The van der Waals surface area contributed by atoms with Crippen molar-refractivity contribution in [3.63, 3.8) is 0 Å². The van der Waals surface area contributed by atoms with E-state index in [-0.39, 0.29) is 17.7 Å². The van der Waals surface area contributed by atoms with Gasteiger partial charge in [0.25, 0.3) is 0 Å². The van der Waals surface area contributed by atoms with E-state index >= 15 is 0 Å². The summed E-state index contributed by atoms with van der Waals surface area (Å²) in [5, 5.41) is 6.21. The number of nitrogens with one attached hydrogen (secondary N) is 2. The van der Waals surface area contributed by atoms with E-state index in [4.69, 9.17) is 4.74 Å². The van der Waals surface area contributed by atoms with E-state index in [0.29, 0.717) is 30.2 Å². The van der Waals surface area contributed by atoms with E-state index in [2.05, 4.69) is 48.5 Å². The van der Waals surface area contributed by atoms with Gasteiger partial charge in [0.15, 0.2) is 15.8 Å². The van der Waals surface area contributed by atoms with Crippen LogP contribution in [0.2, 0.25) is 0 Å². The van der Waals surface area contributed by atoms with Crippen molar-refractivity contribution in [1.82, 2.24) is 10.6 Å². The monoisotopic (exact) mass is 449 g/mol. The molecule has 6 nitrogen and oxygen atoms in total. The van der Waals surface area contributed by atoms with Gasteiger partial charge in [-0.25, -0.2) is 12.8 Å². The molecular formula is C23H32FN3O3S. The summed E-state index contributed by atoms with van der Waals surface area (Å²) in [4.78, 5) is 4.14. The Labute approximate surface area is 184 Å². The minimum atomic E-state index is -3.22. The molecule has 0 radical (unpaired) electrons. The van der Waals surface area contributed by atoms with Gasteiger partial charge < -0.3 is 15.4 Å². The predicted molar refractivity (Wildman–Crippen MR) is 124 cm³/mol. The molecule has 170 valence electrons. The number of hydrogen-bond acceptors (Lipinski definition) is 4. The van der Waals surface area contributed by atoms with Crippen molar-refractivity contribution < 1.29 is 17.5 Å². The maximum atomic E-state index is 13.6. The third-order valence-electron chi connectivity index (χ3n) is 4.64. The summed E-state index contributed by atoms with van der Waals surface area (Å²) >= 11 is 0. The number of sulfone groups is 1. The Morgan fingerprint density at radius 3 is 2.32 bits per heavy atom.